The van der Waals surface area contributed by atoms with Crippen LogP contribution in [0.3, 0.4) is 0 Å². The molecule has 3 aromatic rings. The van der Waals surface area contributed by atoms with Crippen molar-refractivity contribution < 1.29 is 14.3 Å². The van der Waals surface area contributed by atoms with Crippen LogP contribution in [0.1, 0.15) is 21.5 Å². The minimum Gasteiger partial charge on any atom is -0.497 e. The molecule has 3 rings (SSSR count). The van der Waals surface area contributed by atoms with Crippen molar-refractivity contribution in [3.63, 3.8) is 0 Å². The Morgan fingerprint density at radius 1 is 1.21 bits per heavy atom. The molecule has 0 bridgehead atoms. The fourth-order valence-electron chi connectivity index (χ4n) is 2.57. The number of benzene rings is 2. The Kier molecular flexibility index (Phi) is 6.29. The molecule has 1 N–H and O–H groups in total. The molecule has 0 aliphatic carbocycles. The van der Waals surface area contributed by atoms with E-state index in [1.165, 1.54) is 0 Å². The van der Waals surface area contributed by atoms with Gasteiger partial charge in [0.05, 0.1) is 38.2 Å². The molecule has 0 aliphatic heterocycles. The van der Waals surface area contributed by atoms with E-state index in [1.54, 1.807) is 61.8 Å². The minimum atomic E-state index is -0.307. The number of nitrogens with one attached hydrogen (secondary N) is 1. The number of aromatic nitrogens is 2. The highest BCUT2D eigenvalue weighted by atomic mass is 35.5. The smallest absolute Gasteiger partial charge is 0.271 e. The van der Waals surface area contributed by atoms with Crippen molar-refractivity contribution in [1.82, 2.24) is 15.2 Å². The van der Waals surface area contributed by atoms with E-state index in [0.717, 1.165) is 16.9 Å². The van der Waals surface area contributed by atoms with Gasteiger partial charge < -0.3 is 9.47 Å². The molecule has 0 unspecified atom stereocenters. The van der Waals surface area contributed by atoms with Crippen LogP contribution in [0.2, 0.25) is 5.02 Å². The second-order valence-electron chi connectivity index (χ2n) is 5.86. The number of nitrogens with zero attached hydrogens (tertiary/aromatic N) is 3. The first-order valence-corrected chi connectivity index (χ1v) is 8.79. The topological polar surface area (TPSA) is 77.7 Å². The van der Waals surface area contributed by atoms with E-state index in [9.17, 15) is 4.79 Å². The quantitative estimate of drug-likeness (QED) is 0.489. The van der Waals surface area contributed by atoms with Gasteiger partial charge in [-0.1, -0.05) is 11.6 Å². The van der Waals surface area contributed by atoms with Gasteiger partial charge in [0, 0.05) is 17.3 Å². The Morgan fingerprint density at radius 2 is 2.00 bits per heavy atom. The van der Waals surface area contributed by atoms with E-state index >= 15 is 0 Å². The molecule has 1 aromatic heterocycles. The van der Waals surface area contributed by atoms with Crippen LogP contribution in [0.4, 0.5) is 0 Å². The number of halogens is 1. The maximum absolute atomic E-state index is 12.1. The van der Waals surface area contributed by atoms with Crippen molar-refractivity contribution in [2.24, 2.45) is 5.10 Å². The van der Waals surface area contributed by atoms with Crippen LogP contribution in [0.15, 0.2) is 60.0 Å². The van der Waals surface area contributed by atoms with Crippen molar-refractivity contribution in [3.05, 3.63) is 76.6 Å². The van der Waals surface area contributed by atoms with Gasteiger partial charge in [0.25, 0.3) is 5.91 Å². The molecule has 28 heavy (non-hydrogen) atoms. The van der Waals surface area contributed by atoms with Gasteiger partial charge in [-0.25, -0.2) is 5.43 Å². The largest absolute Gasteiger partial charge is 0.497 e. The van der Waals surface area contributed by atoms with Crippen LogP contribution >= 0.6 is 11.6 Å². The molecule has 0 saturated carbocycles. The molecular formula is C20H19ClN4O3. The third-order valence-corrected chi connectivity index (χ3v) is 4.17. The first-order valence-electron chi connectivity index (χ1n) is 8.41. The van der Waals surface area contributed by atoms with Crippen molar-refractivity contribution in [2.45, 2.75) is 6.54 Å². The van der Waals surface area contributed by atoms with Crippen molar-refractivity contribution in [2.75, 3.05) is 14.2 Å². The summed E-state index contributed by atoms with van der Waals surface area (Å²) in [6.07, 6.45) is 4.88. The van der Waals surface area contributed by atoms with Gasteiger partial charge in [0.1, 0.15) is 11.5 Å². The predicted molar refractivity (Wildman–Crippen MR) is 107 cm³/mol. The molecule has 0 spiro atoms. The summed E-state index contributed by atoms with van der Waals surface area (Å²) >= 11 is 5.91. The summed E-state index contributed by atoms with van der Waals surface area (Å²) in [6.45, 7) is 0.496. The van der Waals surface area contributed by atoms with Crippen LogP contribution in [0.5, 0.6) is 11.5 Å². The van der Waals surface area contributed by atoms with Gasteiger partial charge in [-0.15, -0.1) is 0 Å². The highest BCUT2D eigenvalue weighted by Gasteiger charge is 2.07. The SMILES string of the molecule is COc1ccc(C(=O)N/N=C/c2ccc(OC)c(Cn3cc(Cl)cn3)c2)cc1. The lowest BCUT2D eigenvalue weighted by molar-refractivity contribution is 0.0955. The summed E-state index contributed by atoms with van der Waals surface area (Å²) < 4.78 is 12.2. The minimum absolute atomic E-state index is 0.307. The van der Waals surface area contributed by atoms with Gasteiger partial charge >= 0.3 is 0 Å². The lowest BCUT2D eigenvalue weighted by Gasteiger charge is -2.09. The number of carbonyl (C=O) groups excluding carboxylic acids is 1. The zero-order chi connectivity index (χ0) is 19.9. The number of hydrazone groups is 1. The lowest BCUT2D eigenvalue weighted by Crippen LogP contribution is -2.17. The number of methoxy groups -OCH3 is 2. The average molecular weight is 399 g/mol. The summed E-state index contributed by atoms with van der Waals surface area (Å²) in [6, 6.07) is 12.4. The standard InChI is InChI=1S/C20H19ClN4O3/c1-27-18-6-4-15(5-7-18)20(26)24-22-10-14-3-8-19(28-2)16(9-14)12-25-13-17(21)11-23-25/h3-11,13H,12H2,1-2H3,(H,24,26)/b22-10+. The van der Waals surface area contributed by atoms with E-state index in [-0.39, 0.29) is 5.91 Å². The maximum Gasteiger partial charge on any atom is 0.271 e. The molecule has 0 saturated heterocycles. The van der Waals surface area contributed by atoms with Gasteiger partial charge in [-0.2, -0.15) is 10.2 Å². The zero-order valence-corrected chi connectivity index (χ0v) is 16.2. The molecule has 0 atom stereocenters. The first-order chi connectivity index (χ1) is 13.6. The third kappa shape index (κ3) is 4.89. The second-order valence-corrected chi connectivity index (χ2v) is 6.29. The Morgan fingerprint density at radius 3 is 2.64 bits per heavy atom. The van der Waals surface area contributed by atoms with Crippen molar-refractivity contribution in [3.8, 4) is 11.5 Å². The van der Waals surface area contributed by atoms with Crippen LogP contribution in [-0.2, 0) is 6.54 Å². The highest BCUT2D eigenvalue weighted by Crippen LogP contribution is 2.21. The number of hydrogen-bond acceptors (Lipinski definition) is 5. The van der Waals surface area contributed by atoms with E-state index < -0.39 is 0 Å². The third-order valence-electron chi connectivity index (χ3n) is 3.97. The fourth-order valence-corrected chi connectivity index (χ4v) is 2.73. The lowest BCUT2D eigenvalue weighted by atomic mass is 10.1. The molecule has 0 radical (unpaired) electrons. The number of amides is 1. The van der Waals surface area contributed by atoms with Crippen LogP contribution in [-0.4, -0.2) is 36.1 Å². The normalized spacial score (nSPS) is 10.8. The molecule has 0 aliphatic rings. The summed E-state index contributed by atoms with van der Waals surface area (Å²) in [5.74, 6) is 1.11. The first kappa shape index (κ1) is 19.4. The molecule has 1 amide bonds. The van der Waals surface area contributed by atoms with Gasteiger partial charge in [-0.05, 0) is 48.0 Å². The molecule has 2 aromatic carbocycles. The Hall–Kier alpha value is -3.32. The summed E-state index contributed by atoms with van der Waals surface area (Å²) in [7, 11) is 3.18. The van der Waals surface area contributed by atoms with Crippen molar-refractivity contribution >= 4 is 23.7 Å². The summed E-state index contributed by atoms with van der Waals surface area (Å²) in [5.41, 5.74) is 4.72. The molecule has 8 heteroatoms. The monoisotopic (exact) mass is 398 g/mol. The zero-order valence-electron chi connectivity index (χ0n) is 15.4. The average Bonchev–Trinajstić information content (AvgIpc) is 3.13. The maximum atomic E-state index is 12.1. The molecule has 0 fully saturated rings. The van der Waals surface area contributed by atoms with E-state index in [2.05, 4.69) is 15.6 Å². The summed E-state index contributed by atoms with van der Waals surface area (Å²) in [5, 5.41) is 8.77. The van der Waals surface area contributed by atoms with Gasteiger partial charge in [-0.3, -0.25) is 9.48 Å². The number of ether oxygens (including phenoxy) is 2. The molecule has 1 heterocycles. The van der Waals surface area contributed by atoms with Gasteiger partial charge in [0.2, 0.25) is 0 Å². The predicted octanol–water partition coefficient (Wildman–Crippen LogP) is 3.37. The Balaban J connectivity index is 1.68. The molecular weight excluding hydrogens is 380 g/mol. The Labute approximate surface area is 167 Å². The van der Waals surface area contributed by atoms with Gasteiger partial charge in [0.15, 0.2) is 0 Å². The van der Waals surface area contributed by atoms with Crippen molar-refractivity contribution in [1.29, 1.82) is 0 Å². The number of hydrogen-bond donors (Lipinski definition) is 1. The van der Waals surface area contributed by atoms with Crippen LogP contribution < -0.4 is 14.9 Å². The number of carbonyl (C=O) groups is 1. The number of rotatable bonds is 7. The highest BCUT2D eigenvalue weighted by molar-refractivity contribution is 6.30. The van der Waals surface area contributed by atoms with E-state index in [0.29, 0.717) is 22.9 Å². The Bertz CT molecular complexity index is 983. The molecule has 144 valence electrons. The summed E-state index contributed by atoms with van der Waals surface area (Å²) in [4.78, 5) is 12.1. The van der Waals surface area contributed by atoms with Crippen LogP contribution in [0.25, 0.3) is 0 Å². The molecule has 7 nitrogen and oxygen atoms in total. The van der Waals surface area contributed by atoms with E-state index in [1.807, 2.05) is 18.2 Å². The second kappa shape index (κ2) is 9.05. The van der Waals surface area contributed by atoms with E-state index in [4.69, 9.17) is 21.1 Å². The fraction of sp³-hybridized carbons (Fsp3) is 0.150. The van der Waals surface area contributed by atoms with Crippen LogP contribution in [0, 0.1) is 0 Å².